The lowest BCUT2D eigenvalue weighted by Crippen LogP contribution is -2.09. The molecule has 0 aliphatic carbocycles. The highest BCUT2D eigenvalue weighted by Crippen LogP contribution is 2.19. The molecule has 0 spiro atoms. The van der Waals surface area contributed by atoms with Gasteiger partial charge in [-0.2, -0.15) is 0 Å². The van der Waals surface area contributed by atoms with Crippen LogP contribution in [0.4, 0.5) is 0 Å². The molecule has 1 unspecified atom stereocenters. The van der Waals surface area contributed by atoms with Crippen LogP contribution in [-0.2, 0) is 4.84 Å². The van der Waals surface area contributed by atoms with Crippen molar-refractivity contribution in [1.82, 2.24) is 0 Å². The van der Waals surface area contributed by atoms with Gasteiger partial charge in [-0.15, -0.1) is 0 Å². The average Bonchev–Trinajstić information content (AvgIpc) is 2.67. The van der Waals surface area contributed by atoms with E-state index in [4.69, 9.17) is 16.4 Å². The van der Waals surface area contributed by atoms with Crippen molar-refractivity contribution in [2.45, 2.75) is 12.5 Å². The number of benzene rings is 1. The first-order valence-corrected chi connectivity index (χ1v) is 5.84. The number of oxime groups is 1. The van der Waals surface area contributed by atoms with E-state index in [2.05, 4.69) is 21.1 Å². The number of alkyl halides is 1. The van der Waals surface area contributed by atoms with Crippen LogP contribution in [0.15, 0.2) is 29.4 Å². The van der Waals surface area contributed by atoms with Crippen LogP contribution in [0.25, 0.3) is 0 Å². The van der Waals surface area contributed by atoms with Crippen LogP contribution in [0.2, 0.25) is 5.02 Å². The maximum absolute atomic E-state index is 5.80. The molecular weight excluding hydrogens is 265 g/mol. The largest absolute Gasteiger partial charge is 0.391 e. The summed E-state index contributed by atoms with van der Waals surface area (Å²) in [5.74, 6) is 0. The Morgan fingerprint density at radius 3 is 2.71 bits per heavy atom. The molecule has 0 saturated carbocycles. The van der Waals surface area contributed by atoms with Gasteiger partial charge in [0.25, 0.3) is 0 Å². The van der Waals surface area contributed by atoms with E-state index in [1.165, 1.54) is 0 Å². The molecule has 1 aromatic rings. The van der Waals surface area contributed by atoms with Gasteiger partial charge in [0.15, 0.2) is 0 Å². The number of rotatable bonds is 2. The van der Waals surface area contributed by atoms with Crippen LogP contribution < -0.4 is 0 Å². The molecule has 1 aromatic carbocycles. The predicted molar refractivity (Wildman–Crippen MR) is 61.3 cm³/mol. The highest BCUT2D eigenvalue weighted by atomic mass is 79.9. The molecule has 0 fully saturated rings. The smallest absolute Gasteiger partial charge is 0.142 e. The molecule has 2 nitrogen and oxygen atoms in total. The summed E-state index contributed by atoms with van der Waals surface area (Å²) in [6.45, 7) is 0. The standard InChI is InChI=1S/C10H9BrClNO/c11-6-9-5-10(13-14-9)7-1-3-8(12)4-2-7/h1-4,9H,5-6H2. The molecule has 0 bridgehead atoms. The molecule has 0 radical (unpaired) electrons. The highest BCUT2D eigenvalue weighted by Gasteiger charge is 2.20. The van der Waals surface area contributed by atoms with Gasteiger partial charge in [0, 0.05) is 16.8 Å². The Kier molecular flexibility index (Phi) is 3.08. The number of nitrogens with zero attached hydrogens (tertiary/aromatic N) is 1. The Morgan fingerprint density at radius 1 is 1.43 bits per heavy atom. The molecule has 74 valence electrons. The van der Waals surface area contributed by atoms with Gasteiger partial charge in [0.1, 0.15) is 6.10 Å². The molecule has 1 aliphatic heterocycles. The van der Waals surface area contributed by atoms with Gasteiger partial charge < -0.3 is 4.84 Å². The Hall–Kier alpha value is -0.540. The quantitative estimate of drug-likeness (QED) is 0.759. The van der Waals surface area contributed by atoms with Crippen molar-refractivity contribution in [3.8, 4) is 0 Å². The molecule has 0 aromatic heterocycles. The average molecular weight is 275 g/mol. The summed E-state index contributed by atoms with van der Waals surface area (Å²) < 4.78 is 0. The highest BCUT2D eigenvalue weighted by molar-refractivity contribution is 9.09. The molecule has 0 N–H and O–H groups in total. The molecule has 14 heavy (non-hydrogen) atoms. The van der Waals surface area contributed by atoms with Crippen molar-refractivity contribution < 1.29 is 4.84 Å². The van der Waals surface area contributed by atoms with E-state index >= 15 is 0 Å². The third-order valence-corrected chi connectivity index (χ3v) is 3.06. The zero-order valence-electron chi connectivity index (χ0n) is 7.41. The van der Waals surface area contributed by atoms with Gasteiger partial charge in [-0.25, -0.2) is 0 Å². The monoisotopic (exact) mass is 273 g/mol. The lowest BCUT2D eigenvalue weighted by molar-refractivity contribution is 0.104. The van der Waals surface area contributed by atoms with Gasteiger partial charge in [-0.05, 0) is 17.7 Å². The molecule has 2 rings (SSSR count). The third-order valence-electron chi connectivity index (χ3n) is 2.08. The molecule has 1 aliphatic rings. The second kappa shape index (κ2) is 4.32. The second-order valence-corrected chi connectivity index (χ2v) is 4.21. The van der Waals surface area contributed by atoms with Crippen LogP contribution >= 0.6 is 27.5 Å². The summed E-state index contributed by atoms with van der Waals surface area (Å²) in [4.78, 5) is 5.21. The second-order valence-electron chi connectivity index (χ2n) is 3.13. The van der Waals surface area contributed by atoms with Crippen LogP contribution in [0.3, 0.4) is 0 Å². The van der Waals surface area contributed by atoms with E-state index in [0.717, 1.165) is 28.0 Å². The summed E-state index contributed by atoms with van der Waals surface area (Å²) in [7, 11) is 0. The molecule has 0 amide bonds. The van der Waals surface area contributed by atoms with Crippen molar-refractivity contribution >= 4 is 33.2 Å². The lowest BCUT2D eigenvalue weighted by Gasteiger charge is -2.01. The summed E-state index contributed by atoms with van der Waals surface area (Å²) in [6, 6.07) is 7.64. The van der Waals surface area contributed by atoms with E-state index in [1.54, 1.807) is 0 Å². The summed E-state index contributed by atoms with van der Waals surface area (Å²) in [6.07, 6.45) is 1.02. The number of hydrogen-bond donors (Lipinski definition) is 0. The fourth-order valence-electron chi connectivity index (χ4n) is 1.32. The van der Waals surface area contributed by atoms with Gasteiger partial charge in [0.05, 0.1) is 5.71 Å². The first-order chi connectivity index (χ1) is 6.79. The van der Waals surface area contributed by atoms with Gasteiger partial charge in [0.2, 0.25) is 0 Å². The fourth-order valence-corrected chi connectivity index (χ4v) is 1.80. The SMILES string of the molecule is Clc1ccc(C2=NOC(CBr)C2)cc1. The zero-order chi connectivity index (χ0) is 9.97. The Labute approximate surface area is 96.0 Å². The van der Waals surface area contributed by atoms with Crippen LogP contribution in [-0.4, -0.2) is 17.1 Å². The van der Waals surface area contributed by atoms with E-state index in [9.17, 15) is 0 Å². The van der Waals surface area contributed by atoms with Gasteiger partial charge in [-0.3, -0.25) is 0 Å². The maximum Gasteiger partial charge on any atom is 0.142 e. The minimum absolute atomic E-state index is 0.167. The zero-order valence-corrected chi connectivity index (χ0v) is 9.75. The van der Waals surface area contributed by atoms with Crippen LogP contribution in [0, 0.1) is 0 Å². The van der Waals surface area contributed by atoms with Crippen molar-refractivity contribution in [3.05, 3.63) is 34.9 Å². The summed E-state index contributed by atoms with van der Waals surface area (Å²) in [5.41, 5.74) is 2.07. The Balaban J connectivity index is 2.13. The van der Waals surface area contributed by atoms with E-state index in [1.807, 2.05) is 24.3 Å². The summed E-state index contributed by atoms with van der Waals surface area (Å²) >= 11 is 9.16. The third kappa shape index (κ3) is 2.10. The minimum Gasteiger partial charge on any atom is -0.391 e. The Morgan fingerprint density at radius 2 is 2.14 bits per heavy atom. The van der Waals surface area contributed by atoms with E-state index in [-0.39, 0.29) is 6.10 Å². The lowest BCUT2D eigenvalue weighted by atomic mass is 10.1. The molecule has 0 saturated heterocycles. The minimum atomic E-state index is 0.167. The first-order valence-electron chi connectivity index (χ1n) is 4.34. The van der Waals surface area contributed by atoms with E-state index in [0.29, 0.717) is 0 Å². The van der Waals surface area contributed by atoms with Crippen LogP contribution in [0.1, 0.15) is 12.0 Å². The van der Waals surface area contributed by atoms with Crippen molar-refractivity contribution in [1.29, 1.82) is 0 Å². The molecule has 4 heteroatoms. The normalized spacial score (nSPS) is 20.4. The topological polar surface area (TPSA) is 21.6 Å². The molecule has 1 atom stereocenters. The van der Waals surface area contributed by atoms with Crippen LogP contribution in [0.5, 0.6) is 0 Å². The predicted octanol–water partition coefficient (Wildman–Crippen LogP) is 3.23. The van der Waals surface area contributed by atoms with Crippen molar-refractivity contribution in [2.75, 3.05) is 5.33 Å². The van der Waals surface area contributed by atoms with E-state index < -0.39 is 0 Å². The first kappa shape index (κ1) is 9.99. The molecule has 1 heterocycles. The number of hydrogen-bond acceptors (Lipinski definition) is 2. The Bertz CT molecular complexity index is 350. The maximum atomic E-state index is 5.80. The van der Waals surface area contributed by atoms with Crippen molar-refractivity contribution in [2.24, 2.45) is 5.16 Å². The van der Waals surface area contributed by atoms with Gasteiger partial charge in [-0.1, -0.05) is 44.8 Å². The summed E-state index contributed by atoms with van der Waals surface area (Å²) in [5, 5.41) is 5.59. The molecular formula is C10H9BrClNO. The number of halogens is 2. The fraction of sp³-hybridized carbons (Fsp3) is 0.300. The van der Waals surface area contributed by atoms with Crippen molar-refractivity contribution in [3.63, 3.8) is 0 Å². The van der Waals surface area contributed by atoms with Gasteiger partial charge >= 0.3 is 0 Å².